The monoisotopic (exact) mass is 527 g/mol. The summed E-state index contributed by atoms with van der Waals surface area (Å²) in [6, 6.07) is 5.88. The average Bonchev–Trinajstić information content (AvgIpc) is 3.21. The van der Waals surface area contributed by atoms with Crippen molar-refractivity contribution in [3.05, 3.63) is 46.1 Å². The van der Waals surface area contributed by atoms with E-state index >= 15 is 0 Å². The lowest BCUT2D eigenvalue weighted by Crippen LogP contribution is -2.53. The fourth-order valence-electron chi connectivity index (χ4n) is 5.01. The van der Waals surface area contributed by atoms with Crippen LogP contribution in [0.4, 0.5) is 10.6 Å². The van der Waals surface area contributed by atoms with E-state index in [9.17, 15) is 13.2 Å². The summed E-state index contributed by atoms with van der Waals surface area (Å²) in [6.45, 7) is 8.37. The summed E-state index contributed by atoms with van der Waals surface area (Å²) in [7, 11) is -3.91. The number of aromatic nitrogens is 2. The zero-order valence-electron chi connectivity index (χ0n) is 21.1. The Morgan fingerprint density at radius 3 is 2.56 bits per heavy atom. The minimum absolute atomic E-state index is 0.0865. The summed E-state index contributed by atoms with van der Waals surface area (Å²) in [4.78, 5) is 29.1. The van der Waals surface area contributed by atoms with Crippen molar-refractivity contribution in [1.82, 2.24) is 19.6 Å². The van der Waals surface area contributed by atoms with Gasteiger partial charge < -0.3 is 9.80 Å². The molecule has 1 atom stereocenters. The molecule has 8 nitrogen and oxygen atoms in total. The fourth-order valence-corrected chi connectivity index (χ4v) is 7.37. The van der Waals surface area contributed by atoms with E-state index in [0.717, 1.165) is 47.7 Å². The number of piperazine rings is 1. The zero-order valence-corrected chi connectivity index (χ0v) is 22.7. The van der Waals surface area contributed by atoms with Crippen molar-refractivity contribution in [2.75, 3.05) is 31.1 Å². The lowest BCUT2D eigenvalue weighted by molar-refractivity contribution is 0.200. The first-order valence-corrected chi connectivity index (χ1v) is 15.0. The van der Waals surface area contributed by atoms with Crippen LogP contribution in [0.25, 0.3) is 10.2 Å². The van der Waals surface area contributed by atoms with Crippen molar-refractivity contribution in [2.45, 2.75) is 57.8 Å². The maximum absolute atomic E-state index is 12.8. The van der Waals surface area contributed by atoms with Crippen molar-refractivity contribution < 1.29 is 13.2 Å². The summed E-state index contributed by atoms with van der Waals surface area (Å²) in [5.41, 5.74) is 2.36. The largest absolute Gasteiger partial charge is 0.352 e. The molecule has 3 heterocycles. The number of nitrogens with one attached hydrogen (secondary N) is 1. The Bertz CT molecular complexity index is 1380. The van der Waals surface area contributed by atoms with Gasteiger partial charge in [-0.15, -0.1) is 11.3 Å². The van der Waals surface area contributed by atoms with Crippen molar-refractivity contribution in [2.24, 2.45) is 5.92 Å². The second-order valence-electron chi connectivity index (χ2n) is 9.94. The van der Waals surface area contributed by atoms with Gasteiger partial charge in [-0.05, 0) is 56.2 Å². The van der Waals surface area contributed by atoms with E-state index in [1.807, 2.05) is 18.3 Å². The molecule has 0 radical (unpaired) electrons. The van der Waals surface area contributed by atoms with Crippen LogP contribution in [0, 0.1) is 12.8 Å². The van der Waals surface area contributed by atoms with Crippen LogP contribution in [0.2, 0.25) is 0 Å². The molecule has 1 fully saturated rings. The predicted molar refractivity (Wildman–Crippen MR) is 143 cm³/mol. The number of fused-ring (bicyclic) bond motifs is 3. The molecule has 2 aromatic heterocycles. The summed E-state index contributed by atoms with van der Waals surface area (Å²) < 4.78 is 27.6. The van der Waals surface area contributed by atoms with E-state index in [1.54, 1.807) is 17.0 Å². The van der Waals surface area contributed by atoms with Gasteiger partial charge in [-0.1, -0.05) is 31.5 Å². The third-order valence-electron chi connectivity index (χ3n) is 7.08. The second kappa shape index (κ2) is 9.97. The van der Waals surface area contributed by atoms with Gasteiger partial charge in [0.2, 0.25) is 0 Å². The van der Waals surface area contributed by atoms with Gasteiger partial charge in [0.15, 0.2) is 0 Å². The summed E-state index contributed by atoms with van der Waals surface area (Å²) >= 11 is 1.81. The first-order chi connectivity index (χ1) is 17.2. The van der Waals surface area contributed by atoms with Crippen LogP contribution >= 0.6 is 11.3 Å². The van der Waals surface area contributed by atoms with Gasteiger partial charge >= 0.3 is 6.03 Å². The molecule has 0 bridgehead atoms. The Balaban J connectivity index is 1.34. The van der Waals surface area contributed by atoms with Gasteiger partial charge in [0, 0.05) is 37.5 Å². The molecule has 2 amide bonds. The highest BCUT2D eigenvalue weighted by atomic mass is 32.2. The quantitative estimate of drug-likeness (QED) is 0.532. The van der Waals surface area contributed by atoms with Crippen molar-refractivity contribution in [1.29, 1.82) is 0 Å². The number of rotatable bonds is 5. The van der Waals surface area contributed by atoms with Gasteiger partial charge in [-0.25, -0.2) is 27.9 Å². The van der Waals surface area contributed by atoms with Crippen molar-refractivity contribution in [3.63, 3.8) is 0 Å². The van der Waals surface area contributed by atoms with Crippen LogP contribution in [0.15, 0.2) is 29.2 Å². The minimum atomic E-state index is -3.91. The highest BCUT2D eigenvalue weighted by Gasteiger charge is 2.30. The number of sulfonamides is 1. The number of hydrogen-bond donors (Lipinski definition) is 1. The molecule has 5 rings (SSSR count). The van der Waals surface area contributed by atoms with Crippen LogP contribution in [0.1, 0.15) is 48.5 Å². The Hall–Kier alpha value is -2.72. The van der Waals surface area contributed by atoms with E-state index < -0.39 is 16.1 Å². The molecule has 192 valence electrons. The van der Waals surface area contributed by atoms with Gasteiger partial charge in [0.05, 0.1) is 10.3 Å². The van der Waals surface area contributed by atoms with Crippen LogP contribution < -0.4 is 9.62 Å². The first-order valence-electron chi connectivity index (χ1n) is 12.7. The maximum atomic E-state index is 12.8. The molecular weight excluding hydrogens is 494 g/mol. The summed E-state index contributed by atoms with van der Waals surface area (Å²) in [6.07, 6.45) is 5.15. The number of urea groups is 1. The summed E-state index contributed by atoms with van der Waals surface area (Å²) in [5.74, 6) is 2.54. The number of anilines is 1. The number of aryl methyl sites for hydroxylation is 3. The number of nitrogens with zero attached hydrogens (tertiary/aromatic N) is 4. The fraction of sp³-hybridized carbons (Fsp3) is 0.500. The molecular formula is C26H33N5O3S2. The number of carbonyl (C=O) groups is 1. The number of amides is 2. The molecule has 1 aliphatic carbocycles. The SMILES string of the molecule is CCCc1nc(N2CCN(C(=O)NS(=O)(=O)c3ccc(C)cc3)CC2)c2c3c(sc2n1)C[C@H](C)CC3. The topological polar surface area (TPSA) is 95.5 Å². The molecule has 1 aromatic carbocycles. The molecule has 36 heavy (non-hydrogen) atoms. The predicted octanol–water partition coefficient (Wildman–Crippen LogP) is 4.30. The molecule has 0 saturated carbocycles. The molecule has 0 spiro atoms. The molecule has 2 aliphatic rings. The number of benzene rings is 1. The molecule has 1 aliphatic heterocycles. The molecule has 3 aromatic rings. The van der Waals surface area contributed by atoms with Crippen LogP contribution in [-0.4, -0.2) is 55.5 Å². The molecule has 1 N–H and O–H groups in total. The average molecular weight is 528 g/mol. The highest BCUT2D eigenvalue weighted by Crippen LogP contribution is 2.41. The Kier molecular flexibility index (Phi) is 6.91. The third-order valence-corrected chi connectivity index (χ3v) is 9.56. The van der Waals surface area contributed by atoms with E-state index in [4.69, 9.17) is 9.97 Å². The smallest absolute Gasteiger partial charge is 0.331 e. The third kappa shape index (κ3) is 4.93. The number of hydrogen-bond acceptors (Lipinski definition) is 7. The second-order valence-corrected chi connectivity index (χ2v) is 12.7. The number of thiophene rings is 1. The van der Waals surface area contributed by atoms with Crippen LogP contribution in [0.5, 0.6) is 0 Å². The van der Waals surface area contributed by atoms with E-state index in [-0.39, 0.29) is 4.90 Å². The minimum Gasteiger partial charge on any atom is -0.352 e. The van der Waals surface area contributed by atoms with Gasteiger partial charge in [-0.3, -0.25) is 0 Å². The van der Waals surface area contributed by atoms with Crippen molar-refractivity contribution in [3.8, 4) is 0 Å². The first kappa shape index (κ1) is 25.0. The highest BCUT2D eigenvalue weighted by molar-refractivity contribution is 7.90. The number of carbonyl (C=O) groups excluding carboxylic acids is 1. The zero-order chi connectivity index (χ0) is 25.4. The van der Waals surface area contributed by atoms with E-state index in [2.05, 4.69) is 23.5 Å². The van der Waals surface area contributed by atoms with E-state index in [1.165, 1.54) is 34.4 Å². The standard InChI is InChI=1S/C26H33N5O3S2/c1-4-5-22-27-24(23-20-11-8-18(3)16-21(20)35-25(23)28-22)30-12-14-31(15-13-30)26(32)29-36(33,34)19-9-6-17(2)7-10-19/h6-7,9-10,18H,4-5,8,11-16H2,1-3H3,(H,29,32)/t18-/m1/s1. The maximum Gasteiger partial charge on any atom is 0.331 e. The Labute approximate surface area is 216 Å². The van der Waals surface area contributed by atoms with Gasteiger partial charge in [0.25, 0.3) is 10.0 Å². The molecule has 0 unspecified atom stereocenters. The molecule has 10 heteroatoms. The van der Waals surface area contributed by atoms with Crippen LogP contribution in [-0.2, 0) is 29.3 Å². The van der Waals surface area contributed by atoms with Crippen molar-refractivity contribution >= 4 is 43.4 Å². The van der Waals surface area contributed by atoms with Gasteiger partial charge in [-0.2, -0.15) is 0 Å². The molecule has 1 saturated heterocycles. The Morgan fingerprint density at radius 1 is 1.14 bits per heavy atom. The lowest BCUT2D eigenvalue weighted by atomic mass is 9.89. The Morgan fingerprint density at radius 2 is 1.86 bits per heavy atom. The van der Waals surface area contributed by atoms with E-state index in [0.29, 0.717) is 32.1 Å². The lowest BCUT2D eigenvalue weighted by Gasteiger charge is -2.35. The van der Waals surface area contributed by atoms with Gasteiger partial charge in [0.1, 0.15) is 16.5 Å². The normalized spacial score (nSPS) is 18.4. The summed E-state index contributed by atoms with van der Waals surface area (Å²) in [5, 5.41) is 1.18. The van der Waals surface area contributed by atoms with Crippen LogP contribution in [0.3, 0.4) is 0 Å².